The molecule has 102 valence electrons. The van der Waals surface area contributed by atoms with Crippen LogP contribution < -0.4 is 12.3 Å². The van der Waals surface area contributed by atoms with Gasteiger partial charge in [0.25, 0.3) is 0 Å². The first-order valence-corrected chi connectivity index (χ1v) is 6.10. The Morgan fingerprint density at radius 2 is 1.31 bits per heavy atom. The summed E-state index contributed by atoms with van der Waals surface area (Å²) in [5.74, 6) is 0. The van der Waals surface area contributed by atoms with Gasteiger partial charge in [-0.05, 0) is 19.3 Å². The zero-order valence-electron chi connectivity index (χ0n) is 11.0. The van der Waals surface area contributed by atoms with Crippen LogP contribution in [0.3, 0.4) is 0 Å². The van der Waals surface area contributed by atoms with Crippen molar-refractivity contribution in [1.82, 2.24) is 12.3 Å². The molecular formula is C12H32N2O2. The smallest absolute Gasteiger partial charge is 0.0540 e. The van der Waals surface area contributed by atoms with Crippen LogP contribution in [0.5, 0.6) is 0 Å². The number of unbranched alkanes of at least 4 members (excludes halogenated alkanes) is 5. The van der Waals surface area contributed by atoms with Crippen LogP contribution in [0.4, 0.5) is 0 Å². The molecule has 0 aromatic carbocycles. The van der Waals surface area contributed by atoms with Gasteiger partial charge in [-0.2, -0.15) is 0 Å². The van der Waals surface area contributed by atoms with Gasteiger partial charge in [-0.15, -0.1) is 0 Å². The lowest BCUT2D eigenvalue weighted by Gasteiger charge is -2.09. The Hall–Kier alpha value is -0.160. The molecule has 16 heavy (non-hydrogen) atoms. The Balaban J connectivity index is -0.000000845. The fraction of sp³-hybridized carbons (Fsp3) is 1.00. The largest absolute Gasteiger partial charge is 0.396 e. The zero-order chi connectivity index (χ0) is 10.6. The van der Waals surface area contributed by atoms with E-state index >= 15 is 0 Å². The Kier molecular flexibility index (Phi) is 22.8. The van der Waals surface area contributed by atoms with Gasteiger partial charge >= 0.3 is 0 Å². The van der Waals surface area contributed by atoms with Gasteiger partial charge in [0.05, 0.1) is 6.10 Å². The summed E-state index contributed by atoms with van der Waals surface area (Å²) in [6.07, 6.45) is 9.69. The first-order valence-electron chi connectivity index (χ1n) is 6.10. The third kappa shape index (κ3) is 16.3. The van der Waals surface area contributed by atoms with Crippen LogP contribution >= 0.6 is 0 Å². The highest BCUT2D eigenvalue weighted by Crippen LogP contribution is 2.11. The molecule has 0 rings (SSSR count). The van der Waals surface area contributed by atoms with E-state index in [2.05, 4.69) is 6.92 Å². The average Bonchev–Trinajstić information content (AvgIpc) is 2.19. The van der Waals surface area contributed by atoms with Crippen molar-refractivity contribution in [3.05, 3.63) is 0 Å². The first-order chi connectivity index (χ1) is 6.81. The van der Waals surface area contributed by atoms with Crippen molar-refractivity contribution < 1.29 is 10.2 Å². The number of rotatable bonds is 10. The summed E-state index contributed by atoms with van der Waals surface area (Å²) in [6, 6.07) is 0. The second-order valence-corrected chi connectivity index (χ2v) is 4.08. The molecule has 4 heteroatoms. The molecule has 0 fully saturated rings. The molecule has 0 aromatic rings. The molecule has 4 nitrogen and oxygen atoms in total. The molecule has 0 amide bonds. The van der Waals surface area contributed by atoms with E-state index < -0.39 is 0 Å². The Morgan fingerprint density at radius 1 is 0.812 bits per heavy atom. The number of aliphatic hydroxyl groups is 2. The summed E-state index contributed by atoms with van der Waals surface area (Å²) < 4.78 is 0. The molecule has 0 spiro atoms. The van der Waals surface area contributed by atoms with Crippen molar-refractivity contribution in [3.8, 4) is 0 Å². The topological polar surface area (TPSA) is 110 Å². The molecule has 0 saturated heterocycles. The lowest BCUT2D eigenvalue weighted by Crippen LogP contribution is -2.06. The van der Waals surface area contributed by atoms with Crippen LogP contribution in [0, 0.1) is 0 Å². The third-order valence-corrected chi connectivity index (χ3v) is 2.59. The fourth-order valence-corrected chi connectivity index (χ4v) is 1.62. The predicted octanol–water partition coefficient (Wildman–Crippen LogP) is 3.19. The molecule has 0 aliphatic carbocycles. The molecule has 0 aromatic heterocycles. The Labute approximate surface area is 101 Å². The maximum absolute atomic E-state index is 9.59. The second-order valence-electron chi connectivity index (χ2n) is 4.08. The Morgan fingerprint density at radius 3 is 1.75 bits per heavy atom. The van der Waals surface area contributed by atoms with Gasteiger partial charge < -0.3 is 22.5 Å². The van der Waals surface area contributed by atoms with Crippen molar-refractivity contribution >= 4 is 0 Å². The summed E-state index contributed by atoms with van der Waals surface area (Å²) in [6.45, 7) is 2.48. The van der Waals surface area contributed by atoms with E-state index in [1.807, 2.05) is 0 Å². The Bertz CT molecular complexity index is 101. The molecule has 0 heterocycles. The zero-order valence-corrected chi connectivity index (χ0v) is 11.0. The fourth-order valence-electron chi connectivity index (χ4n) is 1.62. The van der Waals surface area contributed by atoms with E-state index in [0.717, 1.165) is 38.5 Å². The van der Waals surface area contributed by atoms with Crippen LogP contribution in [0.25, 0.3) is 0 Å². The molecule has 0 radical (unpaired) electrons. The number of aliphatic hydroxyl groups excluding tert-OH is 2. The lowest BCUT2D eigenvalue weighted by molar-refractivity contribution is 0.146. The van der Waals surface area contributed by atoms with Gasteiger partial charge in [-0.3, -0.25) is 0 Å². The summed E-state index contributed by atoms with van der Waals surface area (Å²) in [5.41, 5.74) is 0. The number of hydrogen-bond donors (Lipinski definition) is 4. The minimum absolute atomic E-state index is 0. The molecular weight excluding hydrogens is 204 g/mol. The van der Waals surface area contributed by atoms with Crippen LogP contribution in [0.1, 0.15) is 64.7 Å². The molecule has 0 saturated carbocycles. The summed E-state index contributed by atoms with van der Waals surface area (Å²) in [7, 11) is 0. The van der Waals surface area contributed by atoms with Gasteiger partial charge in [0, 0.05) is 6.61 Å². The molecule has 1 atom stereocenters. The predicted molar refractivity (Wildman–Crippen MR) is 70.4 cm³/mol. The van der Waals surface area contributed by atoms with Crippen LogP contribution in [-0.2, 0) is 0 Å². The molecule has 0 aliphatic rings. The van der Waals surface area contributed by atoms with Crippen LogP contribution in [0.15, 0.2) is 0 Å². The van der Waals surface area contributed by atoms with E-state index in [9.17, 15) is 5.11 Å². The molecule has 8 N–H and O–H groups in total. The highest BCUT2D eigenvalue weighted by atomic mass is 16.3. The maximum atomic E-state index is 9.59. The van der Waals surface area contributed by atoms with E-state index in [1.54, 1.807) is 0 Å². The molecule has 1 unspecified atom stereocenters. The van der Waals surface area contributed by atoms with Gasteiger partial charge in [0.15, 0.2) is 0 Å². The van der Waals surface area contributed by atoms with Crippen LogP contribution in [-0.4, -0.2) is 22.9 Å². The normalized spacial score (nSPS) is 11.4. The van der Waals surface area contributed by atoms with Crippen molar-refractivity contribution in [2.75, 3.05) is 6.61 Å². The van der Waals surface area contributed by atoms with Crippen molar-refractivity contribution in [1.29, 1.82) is 0 Å². The van der Waals surface area contributed by atoms with Crippen LogP contribution in [0.2, 0.25) is 0 Å². The maximum Gasteiger partial charge on any atom is 0.0540 e. The monoisotopic (exact) mass is 236 g/mol. The van der Waals surface area contributed by atoms with Gasteiger partial charge in [0.1, 0.15) is 0 Å². The SMILES string of the molecule is CCCCCCC(O)CCCCCO.N.N. The van der Waals surface area contributed by atoms with E-state index in [4.69, 9.17) is 5.11 Å². The second kappa shape index (κ2) is 17.2. The van der Waals surface area contributed by atoms with Gasteiger partial charge in [-0.1, -0.05) is 45.4 Å². The summed E-state index contributed by atoms with van der Waals surface area (Å²) in [5, 5.41) is 18.2. The summed E-state index contributed by atoms with van der Waals surface area (Å²) >= 11 is 0. The number of hydrogen-bond acceptors (Lipinski definition) is 4. The third-order valence-electron chi connectivity index (χ3n) is 2.59. The van der Waals surface area contributed by atoms with Crippen molar-refractivity contribution in [2.24, 2.45) is 0 Å². The van der Waals surface area contributed by atoms with Gasteiger partial charge in [-0.25, -0.2) is 0 Å². The van der Waals surface area contributed by atoms with E-state index in [1.165, 1.54) is 19.3 Å². The quantitative estimate of drug-likeness (QED) is 0.436. The summed E-state index contributed by atoms with van der Waals surface area (Å²) in [4.78, 5) is 0. The van der Waals surface area contributed by atoms with E-state index in [-0.39, 0.29) is 25.0 Å². The van der Waals surface area contributed by atoms with Gasteiger partial charge in [0.2, 0.25) is 0 Å². The molecule has 0 aliphatic heterocycles. The minimum Gasteiger partial charge on any atom is -0.396 e. The average molecular weight is 236 g/mol. The first kappa shape index (κ1) is 21.2. The van der Waals surface area contributed by atoms with Crippen molar-refractivity contribution in [3.63, 3.8) is 0 Å². The van der Waals surface area contributed by atoms with E-state index in [0.29, 0.717) is 0 Å². The minimum atomic E-state index is -0.106. The highest BCUT2D eigenvalue weighted by Gasteiger charge is 2.02. The highest BCUT2D eigenvalue weighted by molar-refractivity contribution is 4.56. The standard InChI is InChI=1S/C12H26O2.2H3N/c1-2-3-4-6-9-12(14)10-7-5-8-11-13;;/h12-14H,2-11H2,1H3;2*1H3. The molecule has 0 bridgehead atoms. The lowest BCUT2D eigenvalue weighted by atomic mass is 10.0. The van der Waals surface area contributed by atoms with Crippen molar-refractivity contribution in [2.45, 2.75) is 70.8 Å².